The maximum absolute atomic E-state index is 13.3. The van der Waals surface area contributed by atoms with Gasteiger partial charge in [-0.1, -0.05) is 72.3 Å². The lowest BCUT2D eigenvalue weighted by molar-refractivity contribution is 0.0286. The van der Waals surface area contributed by atoms with Crippen LogP contribution in [0.25, 0.3) is 0 Å². The first kappa shape index (κ1) is 27.5. The van der Waals surface area contributed by atoms with E-state index in [1.807, 2.05) is 81.4 Å². The van der Waals surface area contributed by atoms with E-state index in [2.05, 4.69) is 0 Å². The molecule has 0 spiro atoms. The number of hydrogen-bond acceptors (Lipinski definition) is 5. The number of carbonyl (C=O) groups excluding carboxylic acids is 2. The van der Waals surface area contributed by atoms with Gasteiger partial charge in [-0.2, -0.15) is 0 Å². The van der Waals surface area contributed by atoms with Crippen LogP contribution < -0.4 is 9.47 Å². The third-order valence-electron chi connectivity index (χ3n) is 6.24. The van der Waals surface area contributed by atoms with Gasteiger partial charge in [0.25, 0.3) is 0 Å². The van der Waals surface area contributed by atoms with Gasteiger partial charge in [0.1, 0.15) is 18.8 Å². The molecule has 4 rings (SSSR count). The number of hydrogen-bond donors (Lipinski definition) is 0. The molecule has 38 heavy (non-hydrogen) atoms. The maximum Gasteiger partial charge on any atom is 0.410 e. The van der Waals surface area contributed by atoms with Crippen LogP contribution >= 0.6 is 11.6 Å². The largest absolute Gasteiger partial charge is 0.485 e. The van der Waals surface area contributed by atoms with Gasteiger partial charge in [-0.05, 0) is 56.4 Å². The van der Waals surface area contributed by atoms with Gasteiger partial charge in [0.05, 0.1) is 5.02 Å². The van der Waals surface area contributed by atoms with Crippen molar-refractivity contribution in [2.75, 3.05) is 13.1 Å². The van der Waals surface area contributed by atoms with Crippen LogP contribution in [0.4, 0.5) is 4.79 Å². The molecule has 0 N–H and O–H groups in total. The predicted octanol–water partition coefficient (Wildman–Crippen LogP) is 7.33. The van der Waals surface area contributed by atoms with E-state index in [1.165, 1.54) is 0 Å². The van der Waals surface area contributed by atoms with Crippen LogP contribution in [-0.4, -0.2) is 35.5 Å². The average Bonchev–Trinajstić information content (AvgIpc) is 3.36. The van der Waals surface area contributed by atoms with Gasteiger partial charge in [-0.25, -0.2) is 4.79 Å². The second-order valence-corrected chi connectivity index (χ2v) is 10.9. The Kier molecular flexibility index (Phi) is 8.95. The van der Waals surface area contributed by atoms with Crippen LogP contribution in [0.1, 0.15) is 55.1 Å². The molecule has 1 fully saturated rings. The molecule has 0 saturated carbocycles. The molecule has 0 aliphatic carbocycles. The number of halogens is 1. The van der Waals surface area contributed by atoms with Crippen molar-refractivity contribution in [3.05, 3.63) is 94.5 Å². The lowest BCUT2D eigenvalue weighted by Crippen LogP contribution is -2.35. The van der Waals surface area contributed by atoms with Crippen LogP contribution in [-0.2, 0) is 18.0 Å². The van der Waals surface area contributed by atoms with Crippen molar-refractivity contribution in [3.63, 3.8) is 0 Å². The Morgan fingerprint density at radius 1 is 0.895 bits per heavy atom. The second kappa shape index (κ2) is 12.4. The second-order valence-electron chi connectivity index (χ2n) is 10.5. The van der Waals surface area contributed by atoms with Crippen molar-refractivity contribution < 1.29 is 23.8 Å². The summed E-state index contributed by atoms with van der Waals surface area (Å²) in [4.78, 5) is 27.4. The summed E-state index contributed by atoms with van der Waals surface area (Å²) < 4.78 is 17.7. The molecule has 1 aliphatic rings. The topological polar surface area (TPSA) is 65.1 Å². The maximum atomic E-state index is 13.3. The highest BCUT2D eigenvalue weighted by Crippen LogP contribution is 2.40. The molecular formula is C31H34ClNO5. The molecule has 3 aromatic rings. The van der Waals surface area contributed by atoms with Gasteiger partial charge < -0.3 is 19.1 Å². The molecule has 1 atom stereocenters. The normalized spacial score (nSPS) is 15.3. The Morgan fingerprint density at radius 3 is 2.11 bits per heavy atom. The number of nitrogens with zero attached hydrogens (tertiary/aromatic N) is 1. The highest BCUT2D eigenvalue weighted by atomic mass is 35.5. The smallest absolute Gasteiger partial charge is 0.410 e. The first-order valence-corrected chi connectivity index (χ1v) is 13.2. The van der Waals surface area contributed by atoms with Crippen LogP contribution in [0, 0.1) is 5.92 Å². The third-order valence-corrected chi connectivity index (χ3v) is 6.61. The molecule has 1 saturated heterocycles. The summed E-state index contributed by atoms with van der Waals surface area (Å²) in [6.07, 6.45) is 0.668. The summed E-state index contributed by atoms with van der Waals surface area (Å²) in [6, 6.07) is 23.0. The molecule has 0 radical (unpaired) electrons. The average molecular weight is 536 g/mol. The SMILES string of the molecule is CC(C)(C)OC(=O)N1CC[C@H](CC(=O)c2ccc(OCc3ccccc3)c(OCc3ccccc3)c2Cl)C1. The van der Waals surface area contributed by atoms with E-state index >= 15 is 0 Å². The third kappa shape index (κ3) is 7.51. The van der Waals surface area contributed by atoms with E-state index in [1.54, 1.807) is 17.0 Å². The van der Waals surface area contributed by atoms with E-state index in [-0.39, 0.29) is 35.8 Å². The van der Waals surface area contributed by atoms with Crippen molar-refractivity contribution in [1.29, 1.82) is 0 Å². The minimum atomic E-state index is -0.557. The fraction of sp³-hybridized carbons (Fsp3) is 0.355. The monoisotopic (exact) mass is 535 g/mol. The van der Waals surface area contributed by atoms with Crippen molar-refractivity contribution >= 4 is 23.5 Å². The predicted molar refractivity (Wildman–Crippen MR) is 148 cm³/mol. The Hall–Kier alpha value is -3.51. The van der Waals surface area contributed by atoms with Crippen LogP contribution in [0.3, 0.4) is 0 Å². The van der Waals surface area contributed by atoms with Gasteiger partial charge in [-0.3, -0.25) is 4.79 Å². The van der Waals surface area contributed by atoms with E-state index in [9.17, 15) is 9.59 Å². The summed E-state index contributed by atoms with van der Waals surface area (Å²) in [5.41, 5.74) is 1.81. The fourth-order valence-electron chi connectivity index (χ4n) is 4.33. The Morgan fingerprint density at radius 2 is 1.50 bits per heavy atom. The van der Waals surface area contributed by atoms with Gasteiger partial charge >= 0.3 is 6.09 Å². The standard InChI is InChI=1S/C31H34ClNO5/c1-31(2,3)38-30(35)33-17-16-24(19-33)18-26(34)25-14-15-27(36-20-22-10-6-4-7-11-22)29(28(25)32)37-21-23-12-8-5-9-13-23/h4-15,24H,16-21H2,1-3H3/t24-/m1/s1. The number of ether oxygens (including phenoxy) is 3. The van der Waals surface area contributed by atoms with Gasteiger partial charge in [0, 0.05) is 25.1 Å². The van der Waals surface area contributed by atoms with Crippen molar-refractivity contribution in [3.8, 4) is 11.5 Å². The number of benzene rings is 3. The minimum absolute atomic E-state index is 0.0359. The number of likely N-dealkylation sites (tertiary alicyclic amines) is 1. The molecule has 0 bridgehead atoms. The lowest BCUT2D eigenvalue weighted by Gasteiger charge is -2.24. The highest BCUT2D eigenvalue weighted by Gasteiger charge is 2.32. The van der Waals surface area contributed by atoms with Gasteiger partial charge in [0.15, 0.2) is 17.3 Å². The van der Waals surface area contributed by atoms with E-state index in [4.69, 9.17) is 25.8 Å². The fourth-order valence-corrected chi connectivity index (χ4v) is 4.65. The Bertz CT molecular complexity index is 1240. The molecule has 1 heterocycles. The van der Waals surface area contributed by atoms with Gasteiger partial charge in [-0.15, -0.1) is 0 Å². The molecule has 6 nitrogen and oxygen atoms in total. The van der Waals surface area contributed by atoms with Crippen molar-refractivity contribution in [1.82, 2.24) is 4.90 Å². The lowest BCUT2D eigenvalue weighted by atomic mass is 9.97. The number of amides is 1. The minimum Gasteiger partial charge on any atom is -0.485 e. The first-order valence-electron chi connectivity index (χ1n) is 12.9. The van der Waals surface area contributed by atoms with Crippen LogP contribution in [0.5, 0.6) is 11.5 Å². The summed E-state index contributed by atoms with van der Waals surface area (Å²) in [7, 11) is 0. The van der Waals surface area contributed by atoms with Gasteiger partial charge in [0.2, 0.25) is 0 Å². The zero-order valence-corrected chi connectivity index (χ0v) is 22.9. The molecule has 3 aromatic carbocycles. The van der Waals surface area contributed by atoms with E-state index in [0.717, 1.165) is 17.5 Å². The molecule has 1 aliphatic heterocycles. The van der Waals surface area contributed by atoms with E-state index in [0.29, 0.717) is 36.8 Å². The number of carbonyl (C=O) groups is 2. The van der Waals surface area contributed by atoms with Crippen molar-refractivity contribution in [2.45, 2.75) is 52.4 Å². The summed E-state index contributed by atoms with van der Waals surface area (Å²) >= 11 is 6.78. The Balaban J connectivity index is 1.48. The molecule has 0 unspecified atom stereocenters. The number of Topliss-reactive ketones (excluding diaryl/α,β-unsaturated/α-hetero) is 1. The molecular weight excluding hydrogens is 502 g/mol. The van der Waals surface area contributed by atoms with Crippen LogP contribution in [0.15, 0.2) is 72.8 Å². The zero-order chi connectivity index (χ0) is 27.1. The van der Waals surface area contributed by atoms with E-state index < -0.39 is 5.60 Å². The highest BCUT2D eigenvalue weighted by molar-refractivity contribution is 6.35. The first-order chi connectivity index (χ1) is 18.2. The zero-order valence-electron chi connectivity index (χ0n) is 22.1. The number of ketones is 1. The summed E-state index contributed by atoms with van der Waals surface area (Å²) in [6.45, 7) is 7.20. The summed E-state index contributed by atoms with van der Waals surface area (Å²) in [5.74, 6) is 0.765. The molecule has 1 amide bonds. The van der Waals surface area contributed by atoms with Crippen LogP contribution in [0.2, 0.25) is 5.02 Å². The molecule has 0 aromatic heterocycles. The summed E-state index contributed by atoms with van der Waals surface area (Å²) in [5, 5.41) is 0.235. The van der Waals surface area contributed by atoms with Crippen molar-refractivity contribution in [2.24, 2.45) is 5.92 Å². The molecule has 200 valence electrons. The quantitative estimate of drug-likeness (QED) is 0.268. The number of rotatable bonds is 9. The Labute approximate surface area is 229 Å². The molecule has 7 heteroatoms.